The summed E-state index contributed by atoms with van der Waals surface area (Å²) in [6, 6.07) is 0. The van der Waals surface area contributed by atoms with Crippen LogP contribution in [-0.2, 0) is 4.79 Å². The number of ketones is 1. The first kappa shape index (κ1) is 6.14. The Bertz CT molecular complexity index is 181. The van der Waals surface area contributed by atoms with Crippen molar-refractivity contribution >= 4 is 5.78 Å². The van der Waals surface area contributed by atoms with Gasteiger partial charge in [-0.25, -0.2) is 0 Å². The van der Waals surface area contributed by atoms with Crippen molar-refractivity contribution in [1.29, 1.82) is 0 Å². The topological polar surface area (TPSA) is 17.1 Å². The van der Waals surface area contributed by atoms with Gasteiger partial charge in [0.25, 0.3) is 0 Å². The van der Waals surface area contributed by atoms with Crippen LogP contribution in [0, 0.1) is 11.8 Å². The molecule has 1 fully saturated rings. The molecule has 0 bridgehead atoms. The maximum atomic E-state index is 10.9. The summed E-state index contributed by atoms with van der Waals surface area (Å²) in [6.45, 7) is 0. The van der Waals surface area contributed by atoms with Gasteiger partial charge < -0.3 is 0 Å². The third kappa shape index (κ3) is 0.898. The summed E-state index contributed by atoms with van der Waals surface area (Å²) in [6.07, 6.45) is 8.48. The predicted octanol–water partition coefficient (Wildman–Crippen LogP) is 1.93. The van der Waals surface area contributed by atoms with Gasteiger partial charge in [-0.1, -0.05) is 6.08 Å². The van der Waals surface area contributed by atoms with Crippen LogP contribution in [0.2, 0.25) is 0 Å². The van der Waals surface area contributed by atoms with Crippen molar-refractivity contribution in [3.63, 3.8) is 0 Å². The molecule has 0 aromatic rings. The highest BCUT2D eigenvalue weighted by atomic mass is 16.1. The molecule has 54 valence electrons. The van der Waals surface area contributed by atoms with Crippen LogP contribution in [0.25, 0.3) is 0 Å². The Morgan fingerprint density at radius 2 is 2.20 bits per heavy atom. The molecule has 0 heterocycles. The van der Waals surface area contributed by atoms with Gasteiger partial charge in [0.05, 0.1) is 0 Å². The lowest BCUT2D eigenvalue weighted by Crippen LogP contribution is -2.22. The van der Waals surface area contributed by atoms with Crippen molar-refractivity contribution in [3.8, 4) is 0 Å². The third-order valence-corrected chi connectivity index (χ3v) is 2.77. The van der Waals surface area contributed by atoms with Crippen molar-refractivity contribution in [2.75, 3.05) is 0 Å². The van der Waals surface area contributed by atoms with E-state index in [1.54, 1.807) is 6.08 Å². The van der Waals surface area contributed by atoms with Crippen molar-refractivity contribution in [1.82, 2.24) is 0 Å². The summed E-state index contributed by atoms with van der Waals surface area (Å²) in [5.74, 6) is 1.93. The average molecular weight is 136 g/mol. The molecule has 2 atom stereocenters. The van der Waals surface area contributed by atoms with E-state index in [0.29, 0.717) is 5.78 Å². The molecule has 0 amide bonds. The molecule has 0 unspecified atom stereocenters. The Morgan fingerprint density at radius 3 is 2.90 bits per heavy atom. The minimum Gasteiger partial charge on any atom is -0.295 e. The van der Waals surface area contributed by atoms with Crippen LogP contribution in [0.3, 0.4) is 0 Å². The van der Waals surface area contributed by atoms with Gasteiger partial charge in [-0.3, -0.25) is 4.79 Å². The average Bonchev–Trinajstić information content (AvgIpc) is 1.94. The van der Waals surface area contributed by atoms with Crippen LogP contribution >= 0.6 is 0 Å². The Kier molecular flexibility index (Phi) is 1.37. The summed E-state index contributed by atoms with van der Waals surface area (Å²) < 4.78 is 0. The highest BCUT2D eigenvalue weighted by Crippen LogP contribution is 2.39. The Hall–Kier alpha value is -0.590. The van der Waals surface area contributed by atoms with Gasteiger partial charge in [0, 0.05) is 6.42 Å². The maximum absolute atomic E-state index is 10.9. The number of hydrogen-bond acceptors (Lipinski definition) is 1. The van der Waals surface area contributed by atoms with Gasteiger partial charge >= 0.3 is 0 Å². The minimum absolute atomic E-state index is 0.328. The fourth-order valence-corrected chi connectivity index (χ4v) is 1.85. The summed E-state index contributed by atoms with van der Waals surface area (Å²) in [5, 5.41) is 0. The van der Waals surface area contributed by atoms with Crippen LogP contribution in [0.1, 0.15) is 25.7 Å². The largest absolute Gasteiger partial charge is 0.295 e. The molecule has 1 heteroatoms. The molecule has 0 spiro atoms. The fourth-order valence-electron chi connectivity index (χ4n) is 1.85. The zero-order valence-electron chi connectivity index (χ0n) is 6.05. The van der Waals surface area contributed by atoms with E-state index < -0.39 is 0 Å². The van der Waals surface area contributed by atoms with E-state index in [1.165, 1.54) is 12.8 Å². The van der Waals surface area contributed by atoms with Crippen LogP contribution < -0.4 is 0 Å². The second-order valence-corrected chi connectivity index (χ2v) is 3.37. The van der Waals surface area contributed by atoms with Gasteiger partial charge in [0.2, 0.25) is 0 Å². The number of carbonyl (C=O) groups is 1. The molecule has 2 rings (SSSR count). The maximum Gasteiger partial charge on any atom is 0.155 e. The van der Waals surface area contributed by atoms with E-state index in [9.17, 15) is 4.79 Å². The highest BCUT2D eigenvalue weighted by molar-refractivity contribution is 5.89. The second-order valence-electron chi connectivity index (χ2n) is 3.37. The van der Waals surface area contributed by atoms with Gasteiger partial charge in [0.1, 0.15) is 0 Å². The summed E-state index contributed by atoms with van der Waals surface area (Å²) in [7, 11) is 0. The van der Waals surface area contributed by atoms with Gasteiger partial charge in [-0.15, -0.1) is 0 Å². The van der Waals surface area contributed by atoms with Crippen molar-refractivity contribution in [3.05, 3.63) is 12.2 Å². The molecule has 0 aliphatic heterocycles. The monoisotopic (exact) mass is 136 g/mol. The van der Waals surface area contributed by atoms with Crippen LogP contribution in [0.4, 0.5) is 0 Å². The molecule has 0 radical (unpaired) electrons. The lowest BCUT2D eigenvalue weighted by atomic mass is 9.72. The first-order valence-corrected chi connectivity index (χ1v) is 4.07. The molecule has 2 aliphatic carbocycles. The summed E-state index contributed by atoms with van der Waals surface area (Å²) in [4.78, 5) is 10.9. The minimum atomic E-state index is 0.328. The Balaban J connectivity index is 2.09. The number of fused-ring (bicyclic) bond motifs is 1. The predicted molar refractivity (Wildman–Crippen MR) is 39.6 cm³/mol. The van der Waals surface area contributed by atoms with E-state index in [1.807, 2.05) is 0 Å². The third-order valence-electron chi connectivity index (χ3n) is 2.77. The molecular weight excluding hydrogens is 124 g/mol. The Morgan fingerprint density at radius 1 is 1.30 bits per heavy atom. The molecule has 0 aromatic heterocycles. The molecular formula is C9H12O. The number of carbonyl (C=O) groups excluding carboxylic acids is 1. The molecule has 10 heavy (non-hydrogen) atoms. The van der Waals surface area contributed by atoms with Crippen LogP contribution in [-0.4, -0.2) is 5.78 Å². The van der Waals surface area contributed by atoms with Crippen LogP contribution in [0.15, 0.2) is 12.2 Å². The number of allylic oxidation sites excluding steroid dienone is 2. The molecule has 0 saturated heterocycles. The first-order valence-electron chi connectivity index (χ1n) is 4.07. The normalized spacial score (nSPS) is 38.2. The first-order chi connectivity index (χ1) is 4.86. The second kappa shape index (κ2) is 2.22. The lowest BCUT2D eigenvalue weighted by Gasteiger charge is -2.33. The van der Waals surface area contributed by atoms with E-state index in [4.69, 9.17) is 0 Å². The number of rotatable bonds is 0. The van der Waals surface area contributed by atoms with Gasteiger partial charge in [-0.2, -0.15) is 0 Å². The Labute approximate surface area is 61.1 Å². The van der Waals surface area contributed by atoms with E-state index in [-0.39, 0.29) is 0 Å². The van der Waals surface area contributed by atoms with E-state index in [0.717, 1.165) is 24.7 Å². The van der Waals surface area contributed by atoms with Crippen molar-refractivity contribution < 1.29 is 4.79 Å². The molecule has 0 N–H and O–H groups in total. The summed E-state index contributed by atoms with van der Waals surface area (Å²) >= 11 is 0. The number of hydrogen-bond donors (Lipinski definition) is 0. The molecule has 1 nitrogen and oxygen atoms in total. The highest BCUT2D eigenvalue weighted by Gasteiger charge is 2.30. The molecule has 1 saturated carbocycles. The molecule has 2 aliphatic rings. The van der Waals surface area contributed by atoms with Crippen molar-refractivity contribution in [2.45, 2.75) is 25.7 Å². The van der Waals surface area contributed by atoms with Crippen molar-refractivity contribution in [2.24, 2.45) is 11.8 Å². The molecule has 0 aromatic carbocycles. The van der Waals surface area contributed by atoms with Gasteiger partial charge in [0.15, 0.2) is 5.78 Å². The van der Waals surface area contributed by atoms with E-state index in [2.05, 4.69) is 6.08 Å². The standard InChI is InChI=1S/C9H12O/c10-9-5-3-7-1-2-8(7)4-6-9/h3,5,7-8H,1-2,4,6H2/t7-,8+/m0/s1. The SMILES string of the molecule is O=C1C=C[C@@H]2CC[C@@H]2CC1. The lowest BCUT2D eigenvalue weighted by molar-refractivity contribution is -0.114. The fraction of sp³-hybridized carbons (Fsp3) is 0.667. The van der Waals surface area contributed by atoms with Crippen LogP contribution in [0.5, 0.6) is 0 Å². The van der Waals surface area contributed by atoms with E-state index >= 15 is 0 Å². The summed E-state index contributed by atoms with van der Waals surface area (Å²) in [5.41, 5.74) is 0. The smallest absolute Gasteiger partial charge is 0.155 e. The quantitative estimate of drug-likeness (QED) is 0.497. The zero-order chi connectivity index (χ0) is 6.97. The zero-order valence-corrected chi connectivity index (χ0v) is 6.05. The van der Waals surface area contributed by atoms with Gasteiger partial charge in [-0.05, 0) is 37.2 Å².